The molecule has 6 nitrogen and oxygen atoms in total. The van der Waals surface area contributed by atoms with E-state index in [4.69, 9.17) is 4.74 Å². The van der Waals surface area contributed by atoms with Gasteiger partial charge < -0.3 is 4.74 Å². The van der Waals surface area contributed by atoms with Crippen LogP contribution in [0.1, 0.15) is 5.69 Å². The van der Waals surface area contributed by atoms with Crippen LogP contribution in [0.3, 0.4) is 0 Å². The fourth-order valence-electron chi connectivity index (χ4n) is 2.83. The summed E-state index contributed by atoms with van der Waals surface area (Å²) in [7, 11) is 1.66. The highest BCUT2D eigenvalue weighted by molar-refractivity contribution is 5.70. The summed E-state index contributed by atoms with van der Waals surface area (Å²) in [5.41, 5.74) is 4.61. The molecule has 0 atom stereocenters. The number of hydrogen-bond acceptors (Lipinski definition) is 5. The predicted molar refractivity (Wildman–Crippen MR) is 99.1 cm³/mol. The van der Waals surface area contributed by atoms with E-state index < -0.39 is 0 Å². The van der Waals surface area contributed by atoms with Crippen LogP contribution in [-0.4, -0.2) is 32.1 Å². The molecule has 0 radical (unpaired) electrons. The summed E-state index contributed by atoms with van der Waals surface area (Å²) in [6.07, 6.45) is 3.54. The van der Waals surface area contributed by atoms with Crippen LogP contribution < -0.4 is 4.74 Å². The third-order valence-electron chi connectivity index (χ3n) is 4.12. The molecule has 3 heterocycles. The van der Waals surface area contributed by atoms with Crippen LogP contribution in [0.2, 0.25) is 0 Å². The lowest BCUT2D eigenvalue weighted by Crippen LogP contribution is -2.02. The van der Waals surface area contributed by atoms with Crippen molar-refractivity contribution in [2.45, 2.75) is 6.92 Å². The van der Waals surface area contributed by atoms with E-state index in [1.807, 2.05) is 61.5 Å². The summed E-state index contributed by atoms with van der Waals surface area (Å²) < 4.78 is 6.97. The Bertz CT molecular complexity index is 1030. The number of benzene rings is 1. The van der Waals surface area contributed by atoms with Crippen molar-refractivity contribution in [3.05, 3.63) is 72.7 Å². The molecule has 0 aliphatic rings. The molecule has 0 unspecified atom stereocenters. The molecular weight excluding hydrogens is 326 g/mol. The molecule has 26 heavy (non-hydrogen) atoms. The van der Waals surface area contributed by atoms with Crippen molar-refractivity contribution < 1.29 is 4.74 Å². The van der Waals surface area contributed by atoms with E-state index in [0.29, 0.717) is 0 Å². The van der Waals surface area contributed by atoms with Gasteiger partial charge in [-0.25, -0.2) is 4.98 Å². The highest BCUT2D eigenvalue weighted by atomic mass is 16.5. The third kappa shape index (κ3) is 2.93. The molecule has 0 fully saturated rings. The maximum Gasteiger partial charge on any atom is 0.155 e. The van der Waals surface area contributed by atoms with E-state index in [9.17, 15) is 0 Å². The number of ether oxygens (including phenoxy) is 1. The average molecular weight is 343 g/mol. The van der Waals surface area contributed by atoms with Gasteiger partial charge in [-0.15, -0.1) is 5.10 Å². The Morgan fingerprint density at radius 2 is 1.73 bits per heavy atom. The first-order chi connectivity index (χ1) is 12.8. The summed E-state index contributed by atoms with van der Waals surface area (Å²) in [5, 5.41) is 8.49. The van der Waals surface area contributed by atoms with Crippen LogP contribution in [0.4, 0.5) is 0 Å². The van der Waals surface area contributed by atoms with Crippen LogP contribution in [0.25, 0.3) is 28.3 Å². The zero-order valence-corrected chi connectivity index (χ0v) is 14.5. The predicted octanol–water partition coefficient (Wildman–Crippen LogP) is 3.71. The Morgan fingerprint density at radius 1 is 0.885 bits per heavy atom. The van der Waals surface area contributed by atoms with Crippen LogP contribution >= 0.6 is 0 Å². The van der Waals surface area contributed by atoms with Crippen molar-refractivity contribution in [2.75, 3.05) is 7.11 Å². The highest BCUT2D eigenvalue weighted by Gasteiger charge is 2.15. The molecule has 0 spiro atoms. The van der Waals surface area contributed by atoms with E-state index >= 15 is 0 Å². The van der Waals surface area contributed by atoms with Gasteiger partial charge in [-0.3, -0.25) is 4.98 Å². The number of nitrogens with zero attached hydrogens (tertiary/aromatic N) is 5. The van der Waals surface area contributed by atoms with Gasteiger partial charge in [-0.1, -0.05) is 11.3 Å². The lowest BCUT2D eigenvalue weighted by molar-refractivity contribution is 0.415. The molecule has 4 rings (SSSR count). The maximum absolute atomic E-state index is 5.22. The molecule has 0 saturated heterocycles. The van der Waals surface area contributed by atoms with E-state index in [2.05, 4.69) is 20.3 Å². The summed E-state index contributed by atoms with van der Waals surface area (Å²) in [4.78, 5) is 8.88. The van der Waals surface area contributed by atoms with E-state index in [-0.39, 0.29) is 0 Å². The van der Waals surface area contributed by atoms with E-state index in [0.717, 1.165) is 39.8 Å². The number of aromatic nitrogens is 5. The smallest absolute Gasteiger partial charge is 0.155 e. The number of hydrogen-bond donors (Lipinski definition) is 0. The minimum atomic E-state index is 0.728. The molecule has 0 N–H and O–H groups in total. The molecule has 0 aliphatic carbocycles. The molecule has 3 aromatic heterocycles. The van der Waals surface area contributed by atoms with Gasteiger partial charge >= 0.3 is 0 Å². The summed E-state index contributed by atoms with van der Waals surface area (Å²) in [5.74, 6) is 1.55. The van der Waals surface area contributed by atoms with Crippen LogP contribution in [-0.2, 0) is 0 Å². The number of rotatable bonds is 4. The van der Waals surface area contributed by atoms with Crippen LogP contribution in [0.5, 0.6) is 5.75 Å². The molecule has 0 aliphatic heterocycles. The summed E-state index contributed by atoms with van der Waals surface area (Å²) >= 11 is 0. The van der Waals surface area contributed by atoms with E-state index in [1.165, 1.54) is 0 Å². The number of aryl methyl sites for hydroxylation is 1. The average Bonchev–Trinajstić information content (AvgIpc) is 3.10. The lowest BCUT2D eigenvalue weighted by Gasteiger charge is -2.08. The first-order valence-corrected chi connectivity index (χ1v) is 8.21. The second-order valence-corrected chi connectivity index (χ2v) is 5.78. The Morgan fingerprint density at radius 3 is 2.46 bits per heavy atom. The first kappa shape index (κ1) is 16.0. The van der Waals surface area contributed by atoms with Crippen LogP contribution in [0, 0.1) is 6.92 Å². The molecule has 1 aromatic carbocycles. The van der Waals surface area contributed by atoms with Gasteiger partial charge in [-0.2, -0.15) is 4.68 Å². The second-order valence-electron chi connectivity index (χ2n) is 5.78. The second kappa shape index (κ2) is 6.76. The molecule has 0 saturated carbocycles. The van der Waals surface area contributed by atoms with Crippen molar-refractivity contribution in [3.63, 3.8) is 0 Å². The fraction of sp³-hybridized carbons (Fsp3) is 0.100. The van der Waals surface area contributed by atoms with Crippen molar-refractivity contribution in [1.29, 1.82) is 0 Å². The molecule has 128 valence electrons. The summed E-state index contributed by atoms with van der Waals surface area (Å²) in [6.45, 7) is 1.94. The van der Waals surface area contributed by atoms with Crippen molar-refractivity contribution in [2.24, 2.45) is 0 Å². The third-order valence-corrected chi connectivity index (χ3v) is 4.12. The molecule has 6 heteroatoms. The summed E-state index contributed by atoms with van der Waals surface area (Å²) in [6, 6.07) is 17.5. The SMILES string of the molecule is COc1ccc(-c2cc(-c3c(C)nnn3-c3ccccn3)ccn2)cc1. The normalized spacial score (nSPS) is 10.7. The number of pyridine rings is 2. The lowest BCUT2D eigenvalue weighted by atomic mass is 10.1. The fourth-order valence-corrected chi connectivity index (χ4v) is 2.83. The zero-order chi connectivity index (χ0) is 17.9. The van der Waals surface area contributed by atoms with Gasteiger partial charge in [0.2, 0.25) is 0 Å². The van der Waals surface area contributed by atoms with E-state index in [1.54, 1.807) is 24.2 Å². The molecule has 0 amide bonds. The first-order valence-electron chi connectivity index (χ1n) is 8.21. The molecular formula is C20H17N5O. The zero-order valence-electron chi connectivity index (χ0n) is 14.5. The quantitative estimate of drug-likeness (QED) is 0.565. The van der Waals surface area contributed by atoms with Gasteiger partial charge in [0.15, 0.2) is 5.82 Å². The Kier molecular flexibility index (Phi) is 4.15. The standard InChI is InChI=1S/C20H17N5O/c1-14-20(25(24-23-14)19-5-3-4-11-22-19)16-10-12-21-18(13-16)15-6-8-17(26-2)9-7-15/h3-13H,1-2H3. The molecule has 0 bridgehead atoms. The van der Waals surface area contributed by atoms with Gasteiger partial charge in [0.05, 0.1) is 24.2 Å². The van der Waals surface area contributed by atoms with Gasteiger partial charge in [0, 0.05) is 23.5 Å². The molecule has 4 aromatic rings. The van der Waals surface area contributed by atoms with Gasteiger partial charge in [-0.05, 0) is 55.5 Å². The minimum absolute atomic E-state index is 0.728. The van der Waals surface area contributed by atoms with Gasteiger partial charge in [0.25, 0.3) is 0 Å². The Hall–Kier alpha value is -3.54. The van der Waals surface area contributed by atoms with Crippen LogP contribution in [0.15, 0.2) is 67.0 Å². The largest absolute Gasteiger partial charge is 0.497 e. The topological polar surface area (TPSA) is 65.7 Å². The van der Waals surface area contributed by atoms with Gasteiger partial charge in [0.1, 0.15) is 5.75 Å². The van der Waals surface area contributed by atoms with Crippen molar-refractivity contribution >= 4 is 0 Å². The number of methoxy groups -OCH3 is 1. The Balaban J connectivity index is 1.79. The van der Waals surface area contributed by atoms with Crippen molar-refractivity contribution in [3.8, 4) is 34.1 Å². The minimum Gasteiger partial charge on any atom is -0.497 e. The van der Waals surface area contributed by atoms with Crippen molar-refractivity contribution in [1.82, 2.24) is 25.0 Å². The monoisotopic (exact) mass is 343 g/mol. The Labute approximate surface area is 151 Å². The maximum atomic E-state index is 5.22. The highest BCUT2D eigenvalue weighted by Crippen LogP contribution is 2.28.